The highest BCUT2D eigenvalue weighted by Gasteiger charge is 2.21. The first-order valence-electron chi connectivity index (χ1n) is 8.85. The van der Waals surface area contributed by atoms with E-state index in [1.807, 2.05) is 24.3 Å². The molecular formula is C20H23FN2O2. The second-order valence-corrected chi connectivity index (χ2v) is 6.75. The van der Waals surface area contributed by atoms with Crippen LogP contribution in [0.3, 0.4) is 0 Å². The molecular weight excluding hydrogens is 319 g/mol. The maximum atomic E-state index is 13.0. The van der Waals surface area contributed by atoms with Crippen molar-refractivity contribution in [2.45, 2.75) is 12.5 Å². The Hall–Kier alpha value is -2.11. The fraction of sp³-hybridized carbons (Fsp3) is 0.400. The summed E-state index contributed by atoms with van der Waals surface area (Å²) in [7, 11) is 0. The molecule has 2 aliphatic heterocycles. The molecule has 0 bridgehead atoms. The van der Waals surface area contributed by atoms with Gasteiger partial charge in [0.2, 0.25) is 0 Å². The molecule has 1 saturated heterocycles. The summed E-state index contributed by atoms with van der Waals surface area (Å²) in [6, 6.07) is 12.7. The fourth-order valence-electron chi connectivity index (χ4n) is 3.60. The highest BCUT2D eigenvalue weighted by Crippen LogP contribution is 2.28. The van der Waals surface area contributed by atoms with Crippen molar-refractivity contribution in [2.24, 2.45) is 0 Å². The molecule has 0 radical (unpaired) electrons. The van der Waals surface area contributed by atoms with Crippen LogP contribution in [0.25, 0.3) is 0 Å². The van der Waals surface area contributed by atoms with Crippen LogP contribution >= 0.6 is 0 Å². The summed E-state index contributed by atoms with van der Waals surface area (Å²) < 4.78 is 18.6. The van der Waals surface area contributed by atoms with Gasteiger partial charge in [0.1, 0.15) is 11.6 Å². The lowest BCUT2D eigenvalue weighted by Gasteiger charge is -2.37. The van der Waals surface area contributed by atoms with Crippen molar-refractivity contribution in [1.29, 1.82) is 0 Å². The summed E-state index contributed by atoms with van der Waals surface area (Å²) in [6.07, 6.45) is 0.440. The van der Waals surface area contributed by atoms with E-state index in [0.717, 1.165) is 56.2 Å². The number of halogens is 1. The van der Waals surface area contributed by atoms with Gasteiger partial charge >= 0.3 is 0 Å². The van der Waals surface area contributed by atoms with Crippen molar-refractivity contribution in [2.75, 3.05) is 44.2 Å². The minimum atomic E-state index is -0.483. The zero-order chi connectivity index (χ0) is 17.2. The molecule has 4 nitrogen and oxygen atoms in total. The minimum absolute atomic E-state index is 0.203. The van der Waals surface area contributed by atoms with Gasteiger partial charge < -0.3 is 14.7 Å². The average molecular weight is 342 g/mol. The third kappa shape index (κ3) is 3.62. The number of nitrogens with zero attached hydrogens (tertiary/aromatic N) is 2. The molecule has 0 aromatic heterocycles. The van der Waals surface area contributed by atoms with E-state index >= 15 is 0 Å². The lowest BCUT2D eigenvalue weighted by Crippen LogP contribution is -2.47. The standard InChI is InChI=1S/C20H23FN2O2/c21-17-2-4-18(5-3-17)23-10-8-22(9-11-23)14-19(24)15-1-6-20-16(13-15)7-12-25-20/h1-6,13,19,24H,7-12,14H2/t19-/m0/s1. The number of hydrogen-bond donors (Lipinski definition) is 1. The lowest BCUT2D eigenvalue weighted by molar-refractivity contribution is 0.109. The van der Waals surface area contributed by atoms with Crippen molar-refractivity contribution in [1.82, 2.24) is 4.90 Å². The number of anilines is 1. The Morgan fingerprint density at radius 2 is 1.80 bits per heavy atom. The summed E-state index contributed by atoms with van der Waals surface area (Å²) in [6.45, 7) is 4.93. The molecule has 0 spiro atoms. The molecule has 25 heavy (non-hydrogen) atoms. The minimum Gasteiger partial charge on any atom is -0.493 e. The molecule has 0 saturated carbocycles. The van der Waals surface area contributed by atoms with E-state index in [1.165, 1.54) is 17.7 Å². The summed E-state index contributed by atoms with van der Waals surface area (Å²) in [5, 5.41) is 10.6. The van der Waals surface area contributed by atoms with E-state index in [-0.39, 0.29) is 5.82 Å². The molecule has 1 atom stereocenters. The highest BCUT2D eigenvalue weighted by atomic mass is 19.1. The first-order valence-corrected chi connectivity index (χ1v) is 8.85. The zero-order valence-corrected chi connectivity index (χ0v) is 14.2. The van der Waals surface area contributed by atoms with E-state index in [2.05, 4.69) is 15.9 Å². The van der Waals surface area contributed by atoms with Crippen LogP contribution in [-0.2, 0) is 6.42 Å². The number of aliphatic hydroxyl groups excluding tert-OH is 1. The van der Waals surface area contributed by atoms with E-state index in [9.17, 15) is 9.50 Å². The first-order chi connectivity index (χ1) is 12.2. The maximum absolute atomic E-state index is 13.0. The van der Waals surface area contributed by atoms with Crippen LogP contribution < -0.4 is 9.64 Å². The first kappa shape index (κ1) is 16.4. The van der Waals surface area contributed by atoms with Crippen molar-refractivity contribution >= 4 is 5.69 Å². The molecule has 2 aliphatic rings. The Labute approximate surface area is 147 Å². The predicted molar refractivity (Wildman–Crippen MR) is 95.7 cm³/mol. The Balaban J connectivity index is 1.33. The van der Waals surface area contributed by atoms with Gasteiger partial charge in [-0.2, -0.15) is 0 Å². The second-order valence-electron chi connectivity index (χ2n) is 6.75. The van der Waals surface area contributed by atoms with Crippen LogP contribution in [0.5, 0.6) is 5.75 Å². The van der Waals surface area contributed by atoms with Gasteiger partial charge in [0.05, 0.1) is 12.7 Å². The summed E-state index contributed by atoms with van der Waals surface area (Å²) in [5.74, 6) is 0.745. The summed E-state index contributed by atoms with van der Waals surface area (Å²) in [4.78, 5) is 4.55. The molecule has 0 aliphatic carbocycles. The van der Waals surface area contributed by atoms with E-state index < -0.39 is 6.10 Å². The number of hydrogen-bond acceptors (Lipinski definition) is 4. The molecule has 2 aromatic rings. The van der Waals surface area contributed by atoms with Crippen molar-refractivity contribution in [3.8, 4) is 5.75 Å². The maximum Gasteiger partial charge on any atom is 0.123 e. The number of fused-ring (bicyclic) bond motifs is 1. The molecule has 2 aromatic carbocycles. The van der Waals surface area contributed by atoms with Gasteiger partial charge in [-0.1, -0.05) is 6.07 Å². The van der Waals surface area contributed by atoms with Gasteiger partial charge in [0.15, 0.2) is 0 Å². The lowest BCUT2D eigenvalue weighted by atomic mass is 10.0. The van der Waals surface area contributed by atoms with Gasteiger partial charge in [0, 0.05) is 44.8 Å². The number of β-amino-alcohol motifs (C(OH)–C–C–N with tert-alkyl or cyclic N) is 1. The molecule has 4 rings (SSSR count). The molecule has 2 heterocycles. The molecule has 5 heteroatoms. The van der Waals surface area contributed by atoms with Crippen LogP contribution in [0.2, 0.25) is 0 Å². The van der Waals surface area contributed by atoms with Gasteiger partial charge in [-0.25, -0.2) is 4.39 Å². The molecule has 0 unspecified atom stereocenters. The third-order valence-corrected chi connectivity index (χ3v) is 5.09. The van der Waals surface area contributed by atoms with Gasteiger partial charge in [-0.15, -0.1) is 0 Å². The summed E-state index contributed by atoms with van der Waals surface area (Å²) in [5.41, 5.74) is 3.21. The van der Waals surface area contributed by atoms with Gasteiger partial charge in [0.25, 0.3) is 0 Å². The summed E-state index contributed by atoms with van der Waals surface area (Å²) >= 11 is 0. The number of benzene rings is 2. The Kier molecular flexibility index (Phi) is 4.59. The van der Waals surface area contributed by atoms with E-state index in [4.69, 9.17) is 4.74 Å². The second kappa shape index (κ2) is 7.02. The number of ether oxygens (including phenoxy) is 1. The third-order valence-electron chi connectivity index (χ3n) is 5.09. The Morgan fingerprint density at radius 1 is 1.04 bits per heavy atom. The van der Waals surface area contributed by atoms with Crippen LogP contribution in [-0.4, -0.2) is 49.3 Å². The Bertz CT molecular complexity index is 727. The monoisotopic (exact) mass is 342 g/mol. The predicted octanol–water partition coefficient (Wildman–Crippen LogP) is 2.62. The largest absolute Gasteiger partial charge is 0.493 e. The smallest absolute Gasteiger partial charge is 0.123 e. The number of aliphatic hydroxyl groups is 1. The van der Waals surface area contributed by atoms with Gasteiger partial charge in [-0.3, -0.25) is 4.90 Å². The molecule has 1 fully saturated rings. The van der Waals surface area contributed by atoms with Crippen LogP contribution in [0.1, 0.15) is 17.2 Å². The topological polar surface area (TPSA) is 35.9 Å². The van der Waals surface area contributed by atoms with Crippen molar-refractivity contribution < 1.29 is 14.2 Å². The zero-order valence-electron chi connectivity index (χ0n) is 14.2. The van der Waals surface area contributed by atoms with Crippen LogP contribution in [0.4, 0.5) is 10.1 Å². The van der Waals surface area contributed by atoms with Crippen molar-refractivity contribution in [3.05, 3.63) is 59.4 Å². The van der Waals surface area contributed by atoms with Crippen LogP contribution in [0, 0.1) is 5.82 Å². The number of rotatable bonds is 4. The fourth-order valence-corrected chi connectivity index (χ4v) is 3.60. The van der Waals surface area contributed by atoms with E-state index in [0.29, 0.717) is 6.54 Å². The molecule has 0 amide bonds. The SMILES string of the molecule is O[C@@H](CN1CCN(c2ccc(F)cc2)CC1)c1ccc2c(c1)CCO2. The quantitative estimate of drug-likeness (QED) is 0.927. The van der Waals surface area contributed by atoms with Crippen molar-refractivity contribution in [3.63, 3.8) is 0 Å². The average Bonchev–Trinajstić information content (AvgIpc) is 3.11. The Morgan fingerprint density at radius 3 is 2.56 bits per heavy atom. The van der Waals surface area contributed by atoms with Crippen LogP contribution in [0.15, 0.2) is 42.5 Å². The molecule has 132 valence electrons. The highest BCUT2D eigenvalue weighted by molar-refractivity contribution is 5.46. The van der Waals surface area contributed by atoms with E-state index in [1.54, 1.807) is 0 Å². The van der Waals surface area contributed by atoms with Gasteiger partial charge in [-0.05, 0) is 47.5 Å². The molecule has 1 N–H and O–H groups in total. The number of piperazine rings is 1. The normalized spacial score (nSPS) is 18.7.